The number of aromatic amines is 1. The van der Waals surface area contributed by atoms with E-state index in [9.17, 15) is 9.59 Å². The summed E-state index contributed by atoms with van der Waals surface area (Å²) >= 11 is 0. The van der Waals surface area contributed by atoms with Crippen LogP contribution in [0.4, 0.5) is 0 Å². The van der Waals surface area contributed by atoms with Crippen LogP contribution in [0.2, 0.25) is 0 Å². The number of hydrogen-bond donors (Lipinski definition) is 2. The van der Waals surface area contributed by atoms with Crippen LogP contribution in [0.3, 0.4) is 0 Å². The first-order chi connectivity index (χ1) is 7.50. The van der Waals surface area contributed by atoms with Crippen LogP contribution in [0.15, 0.2) is 23.0 Å². The van der Waals surface area contributed by atoms with Gasteiger partial charge in [-0.15, -0.1) is 0 Å². The zero-order valence-corrected chi connectivity index (χ0v) is 9.02. The van der Waals surface area contributed by atoms with Crippen LogP contribution in [0.5, 0.6) is 0 Å². The van der Waals surface area contributed by atoms with E-state index in [-0.39, 0.29) is 17.2 Å². The van der Waals surface area contributed by atoms with Gasteiger partial charge in [0.25, 0.3) is 5.56 Å². The molecule has 2 rings (SSSR count). The lowest BCUT2D eigenvalue weighted by Crippen LogP contribution is -2.07. The first kappa shape index (κ1) is 10.5. The van der Waals surface area contributed by atoms with Gasteiger partial charge in [0.1, 0.15) is 0 Å². The van der Waals surface area contributed by atoms with E-state index in [2.05, 4.69) is 5.10 Å². The van der Waals surface area contributed by atoms with E-state index in [1.807, 2.05) is 13.8 Å². The van der Waals surface area contributed by atoms with Crippen molar-refractivity contribution in [2.45, 2.75) is 19.9 Å². The monoisotopic (exact) mass is 220 g/mol. The maximum absolute atomic E-state index is 11.6. The average molecular weight is 220 g/mol. The summed E-state index contributed by atoms with van der Waals surface area (Å²) in [5.41, 5.74) is 0.612. The molecule has 0 spiro atoms. The van der Waals surface area contributed by atoms with E-state index in [4.69, 9.17) is 5.11 Å². The largest absolute Gasteiger partial charge is 0.478 e. The van der Waals surface area contributed by atoms with Crippen LogP contribution in [-0.4, -0.2) is 20.9 Å². The molecule has 0 bridgehead atoms. The molecule has 0 atom stereocenters. The Hall–Kier alpha value is -2.04. The minimum atomic E-state index is -0.995. The molecule has 2 aromatic rings. The van der Waals surface area contributed by atoms with Gasteiger partial charge in [-0.1, -0.05) is 0 Å². The molecule has 2 N–H and O–H groups in total. The molecule has 0 saturated carbocycles. The highest BCUT2D eigenvalue weighted by Gasteiger charge is 2.11. The predicted octanol–water partition coefficient (Wildman–Crippen LogP) is 1.61. The Labute approximate surface area is 91.3 Å². The number of fused-ring (bicyclic) bond motifs is 1. The summed E-state index contributed by atoms with van der Waals surface area (Å²) in [7, 11) is 0. The Morgan fingerprint density at radius 1 is 1.44 bits per heavy atom. The quantitative estimate of drug-likeness (QED) is 0.807. The van der Waals surface area contributed by atoms with Crippen LogP contribution in [-0.2, 0) is 0 Å². The van der Waals surface area contributed by atoms with E-state index in [0.717, 1.165) is 0 Å². The lowest BCUT2D eigenvalue weighted by molar-refractivity contribution is 0.0697. The maximum Gasteiger partial charge on any atom is 0.335 e. The van der Waals surface area contributed by atoms with Crippen LogP contribution >= 0.6 is 0 Å². The smallest absolute Gasteiger partial charge is 0.335 e. The van der Waals surface area contributed by atoms with E-state index in [1.165, 1.54) is 18.2 Å². The minimum Gasteiger partial charge on any atom is -0.478 e. The summed E-state index contributed by atoms with van der Waals surface area (Å²) in [5.74, 6) is -0.995. The fourth-order valence-corrected chi connectivity index (χ4v) is 1.69. The standard InChI is InChI=1S/C11H12N2O3/c1-6(2)13-9-5-7(11(15)16)3-4-8(9)10(14)12-13/h3-6H,1-2H3,(H,12,14)(H,15,16). The van der Waals surface area contributed by atoms with Crippen molar-refractivity contribution in [2.24, 2.45) is 0 Å². The molecular formula is C11H12N2O3. The molecule has 1 aromatic heterocycles. The third kappa shape index (κ3) is 1.50. The molecule has 0 unspecified atom stereocenters. The second-order valence-electron chi connectivity index (χ2n) is 3.94. The summed E-state index contributed by atoms with van der Waals surface area (Å²) in [5, 5.41) is 12.1. The second kappa shape index (κ2) is 3.52. The molecule has 84 valence electrons. The predicted molar refractivity (Wildman–Crippen MR) is 59.9 cm³/mol. The van der Waals surface area contributed by atoms with Crippen LogP contribution < -0.4 is 5.56 Å². The molecule has 0 aliphatic rings. The number of hydrogen-bond acceptors (Lipinski definition) is 2. The Bertz CT molecular complexity index is 607. The molecule has 1 aromatic carbocycles. The van der Waals surface area contributed by atoms with Gasteiger partial charge in [-0.3, -0.25) is 14.6 Å². The number of carboxylic acids is 1. The average Bonchev–Trinajstić information content (AvgIpc) is 2.56. The fourth-order valence-electron chi connectivity index (χ4n) is 1.69. The minimum absolute atomic E-state index is 0.0780. The molecule has 0 aliphatic carbocycles. The Morgan fingerprint density at radius 2 is 2.12 bits per heavy atom. The number of nitrogens with zero attached hydrogens (tertiary/aromatic N) is 1. The molecule has 0 aliphatic heterocycles. The third-order valence-corrected chi connectivity index (χ3v) is 2.49. The van der Waals surface area contributed by atoms with Crippen LogP contribution in [0, 0.1) is 0 Å². The molecule has 0 fully saturated rings. The summed E-state index contributed by atoms with van der Waals surface area (Å²) in [6, 6.07) is 4.56. The Kier molecular flexibility index (Phi) is 2.30. The highest BCUT2D eigenvalue weighted by molar-refractivity contribution is 5.93. The first-order valence-electron chi connectivity index (χ1n) is 4.98. The third-order valence-electron chi connectivity index (χ3n) is 2.49. The van der Waals surface area contributed by atoms with E-state index < -0.39 is 5.97 Å². The summed E-state index contributed by atoms with van der Waals surface area (Å²) in [6.07, 6.45) is 0. The van der Waals surface area contributed by atoms with Crippen molar-refractivity contribution in [3.8, 4) is 0 Å². The van der Waals surface area contributed by atoms with Gasteiger partial charge in [0.2, 0.25) is 0 Å². The number of aromatic carboxylic acids is 1. The summed E-state index contributed by atoms with van der Waals surface area (Å²) < 4.78 is 1.67. The molecule has 0 saturated heterocycles. The second-order valence-corrected chi connectivity index (χ2v) is 3.94. The SMILES string of the molecule is CC(C)n1[nH]c(=O)c2ccc(C(=O)O)cc21. The highest BCUT2D eigenvalue weighted by Crippen LogP contribution is 2.16. The molecule has 5 nitrogen and oxygen atoms in total. The van der Waals surface area contributed by atoms with Crippen molar-refractivity contribution in [1.82, 2.24) is 9.78 Å². The molecule has 1 heterocycles. The number of carboxylic acid groups (broad SMARTS) is 1. The van der Waals surface area contributed by atoms with Gasteiger partial charge in [-0.25, -0.2) is 4.79 Å². The van der Waals surface area contributed by atoms with Crippen molar-refractivity contribution in [1.29, 1.82) is 0 Å². The van der Waals surface area contributed by atoms with Gasteiger partial charge in [-0.05, 0) is 32.0 Å². The number of carbonyl (C=O) groups is 1. The Balaban J connectivity index is 2.79. The highest BCUT2D eigenvalue weighted by atomic mass is 16.4. The van der Waals surface area contributed by atoms with E-state index in [1.54, 1.807) is 4.68 Å². The Morgan fingerprint density at radius 3 is 2.69 bits per heavy atom. The van der Waals surface area contributed by atoms with Crippen molar-refractivity contribution < 1.29 is 9.90 Å². The zero-order chi connectivity index (χ0) is 11.9. The molecule has 0 radical (unpaired) electrons. The van der Waals surface area contributed by atoms with Crippen molar-refractivity contribution >= 4 is 16.9 Å². The van der Waals surface area contributed by atoms with E-state index >= 15 is 0 Å². The van der Waals surface area contributed by atoms with Gasteiger partial charge in [-0.2, -0.15) is 0 Å². The molecule has 0 amide bonds. The number of aromatic nitrogens is 2. The van der Waals surface area contributed by atoms with Gasteiger partial charge < -0.3 is 5.11 Å². The lowest BCUT2D eigenvalue weighted by atomic mass is 10.1. The summed E-state index contributed by atoms with van der Waals surface area (Å²) in [6.45, 7) is 3.84. The normalized spacial score (nSPS) is 11.2. The van der Waals surface area contributed by atoms with Crippen molar-refractivity contribution in [2.75, 3.05) is 0 Å². The first-order valence-corrected chi connectivity index (χ1v) is 4.98. The fraction of sp³-hybridized carbons (Fsp3) is 0.273. The number of rotatable bonds is 2. The topological polar surface area (TPSA) is 75.1 Å². The van der Waals surface area contributed by atoms with Gasteiger partial charge in [0, 0.05) is 6.04 Å². The molecular weight excluding hydrogens is 208 g/mol. The maximum atomic E-state index is 11.6. The van der Waals surface area contributed by atoms with Gasteiger partial charge in [0.15, 0.2) is 0 Å². The zero-order valence-electron chi connectivity index (χ0n) is 9.02. The lowest BCUT2D eigenvalue weighted by Gasteiger charge is -2.08. The molecule has 5 heteroatoms. The van der Waals surface area contributed by atoms with Crippen LogP contribution in [0.1, 0.15) is 30.2 Å². The number of H-pyrrole nitrogens is 1. The van der Waals surface area contributed by atoms with Gasteiger partial charge in [0.05, 0.1) is 16.5 Å². The molecule has 16 heavy (non-hydrogen) atoms. The number of benzene rings is 1. The van der Waals surface area contributed by atoms with Crippen LogP contribution in [0.25, 0.3) is 10.9 Å². The van der Waals surface area contributed by atoms with E-state index in [0.29, 0.717) is 10.9 Å². The number of nitrogens with one attached hydrogen (secondary N) is 1. The van der Waals surface area contributed by atoms with Gasteiger partial charge >= 0.3 is 5.97 Å². The van der Waals surface area contributed by atoms with Crippen molar-refractivity contribution in [3.63, 3.8) is 0 Å². The summed E-state index contributed by atoms with van der Waals surface area (Å²) in [4.78, 5) is 22.4. The van der Waals surface area contributed by atoms with Crippen molar-refractivity contribution in [3.05, 3.63) is 34.1 Å².